The Balaban J connectivity index is 2.68. The summed E-state index contributed by atoms with van der Waals surface area (Å²) >= 11 is 6.08. The second-order valence-electron chi connectivity index (χ2n) is 3.07. The summed E-state index contributed by atoms with van der Waals surface area (Å²) in [4.78, 5) is 0. The molecule has 0 unspecified atom stereocenters. The first kappa shape index (κ1) is 11.1. The Bertz CT molecular complexity index is 318. The first-order valence-electron chi connectivity index (χ1n) is 4.71. The van der Waals surface area contributed by atoms with E-state index in [1.807, 2.05) is 25.1 Å². The van der Waals surface area contributed by atoms with Crippen molar-refractivity contribution in [2.75, 3.05) is 7.11 Å². The average Bonchev–Trinajstić information content (AvgIpc) is 2.20. The van der Waals surface area contributed by atoms with Gasteiger partial charge >= 0.3 is 0 Å². The number of aryl methyl sites for hydroxylation is 1. The van der Waals surface area contributed by atoms with Crippen molar-refractivity contribution in [2.45, 2.75) is 19.8 Å². The Morgan fingerprint density at radius 2 is 2.21 bits per heavy atom. The molecule has 0 fully saturated rings. The number of halogens is 1. The van der Waals surface area contributed by atoms with Gasteiger partial charge in [-0.05, 0) is 37.5 Å². The molecule has 0 atom stereocenters. The van der Waals surface area contributed by atoms with E-state index in [0.29, 0.717) is 0 Å². The minimum Gasteiger partial charge on any atom is -0.497 e. The van der Waals surface area contributed by atoms with Crippen LogP contribution in [0, 0.1) is 0 Å². The van der Waals surface area contributed by atoms with Crippen LogP contribution >= 0.6 is 11.6 Å². The van der Waals surface area contributed by atoms with Gasteiger partial charge in [0.1, 0.15) is 5.75 Å². The Labute approximate surface area is 90.3 Å². The Hall–Kier alpha value is -0.950. The zero-order valence-electron chi connectivity index (χ0n) is 8.59. The molecule has 1 aromatic rings. The number of hydrogen-bond acceptors (Lipinski definition) is 1. The second kappa shape index (κ2) is 5.71. The van der Waals surface area contributed by atoms with Crippen LogP contribution in [0.5, 0.6) is 5.75 Å². The number of benzene rings is 1. The van der Waals surface area contributed by atoms with Crippen molar-refractivity contribution in [3.63, 3.8) is 0 Å². The molecule has 0 heterocycles. The molecule has 0 aliphatic heterocycles. The molecule has 0 amide bonds. The minimum atomic E-state index is 0.786. The van der Waals surface area contributed by atoms with E-state index in [1.54, 1.807) is 7.11 Å². The summed E-state index contributed by atoms with van der Waals surface area (Å²) < 4.78 is 5.08. The summed E-state index contributed by atoms with van der Waals surface area (Å²) in [5.41, 5.74) is 1.17. The van der Waals surface area contributed by atoms with Gasteiger partial charge < -0.3 is 4.74 Å². The zero-order chi connectivity index (χ0) is 10.4. The zero-order valence-corrected chi connectivity index (χ0v) is 9.34. The molecule has 0 aliphatic carbocycles. The van der Waals surface area contributed by atoms with Crippen LogP contribution in [-0.4, -0.2) is 7.11 Å². The molecule has 2 heteroatoms. The minimum absolute atomic E-state index is 0.786. The van der Waals surface area contributed by atoms with Gasteiger partial charge in [-0.3, -0.25) is 0 Å². The van der Waals surface area contributed by atoms with Crippen molar-refractivity contribution in [2.24, 2.45) is 0 Å². The van der Waals surface area contributed by atoms with Crippen LogP contribution in [-0.2, 0) is 6.42 Å². The van der Waals surface area contributed by atoms with Crippen LogP contribution in [0.25, 0.3) is 0 Å². The van der Waals surface area contributed by atoms with E-state index in [4.69, 9.17) is 16.3 Å². The molecule has 0 N–H and O–H groups in total. The SMILES string of the molecule is C/C=C\CCc1ccc(OC)cc1Cl. The molecule has 0 aliphatic rings. The highest BCUT2D eigenvalue weighted by molar-refractivity contribution is 6.31. The lowest BCUT2D eigenvalue weighted by atomic mass is 10.1. The van der Waals surface area contributed by atoms with E-state index in [1.165, 1.54) is 5.56 Å². The Morgan fingerprint density at radius 3 is 2.79 bits per heavy atom. The van der Waals surface area contributed by atoms with Crippen LogP contribution in [0.3, 0.4) is 0 Å². The molecule has 0 radical (unpaired) electrons. The van der Waals surface area contributed by atoms with Crippen molar-refractivity contribution >= 4 is 11.6 Å². The van der Waals surface area contributed by atoms with E-state index in [2.05, 4.69) is 12.2 Å². The lowest BCUT2D eigenvalue weighted by molar-refractivity contribution is 0.414. The monoisotopic (exact) mass is 210 g/mol. The molecule has 76 valence electrons. The average molecular weight is 211 g/mol. The first-order chi connectivity index (χ1) is 6.77. The summed E-state index contributed by atoms with van der Waals surface area (Å²) in [7, 11) is 1.64. The largest absolute Gasteiger partial charge is 0.497 e. The predicted octanol–water partition coefficient (Wildman–Crippen LogP) is 3.86. The first-order valence-corrected chi connectivity index (χ1v) is 5.09. The maximum Gasteiger partial charge on any atom is 0.120 e. The van der Waals surface area contributed by atoms with Crippen LogP contribution in [0.4, 0.5) is 0 Å². The molecule has 1 nitrogen and oxygen atoms in total. The van der Waals surface area contributed by atoms with Gasteiger partial charge in [-0.2, -0.15) is 0 Å². The van der Waals surface area contributed by atoms with Crippen LogP contribution < -0.4 is 4.74 Å². The highest BCUT2D eigenvalue weighted by Gasteiger charge is 2.00. The molecule has 1 rings (SSSR count). The van der Waals surface area contributed by atoms with Gasteiger partial charge in [0.15, 0.2) is 0 Å². The van der Waals surface area contributed by atoms with E-state index in [9.17, 15) is 0 Å². The third-order valence-electron chi connectivity index (χ3n) is 2.08. The van der Waals surface area contributed by atoms with Crippen LogP contribution in [0.2, 0.25) is 5.02 Å². The van der Waals surface area contributed by atoms with Gasteiger partial charge in [-0.15, -0.1) is 0 Å². The fourth-order valence-corrected chi connectivity index (χ4v) is 1.53. The highest BCUT2D eigenvalue weighted by atomic mass is 35.5. The fraction of sp³-hybridized carbons (Fsp3) is 0.333. The third-order valence-corrected chi connectivity index (χ3v) is 2.43. The van der Waals surface area contributed by atoms with Crippen molar-refractivity contribution < 1.29 is 4.74 Å². The number of hydrogen-bond donors (Lipinski definition) is 0. The molecule has 1 aromatic carbocycles. The topological polar surface area (TPSA) is 9.23 Å². The number of methoxy groups -OCH3 is 1. The van der Waals surface area contributed by atoms with Gasteiger partial charge in [-0.1, -0.05) is 29.8 Å². The molecule has 14 heavy (non-hydrogen) atoms. The Kier molecular flexibility index (Phi) is 4.54. The van der Waals surface area contributed by atoms with E-state index < -0.39 is 0 Å². The summed E-state index contributed by atoms with van der Waals surface area (Å²) in [5.74, 6) is 0.810. The summed E-state index contributed by atoms with van der Waals surface area (Å²) in [6.07, 6.45) is 6.20. The standard InChI is InChI=1S/C12H15ClO/c1-3-4-5-6-10-7-8-11(14-2)9-12(10)13/h3-4,7-9H,5-6H2,1-2H3/b4-3-. The predicted molar refractivity (Wildman–Crippen MR) is 61.1 cm³/mol. The van der Waals surface area contributed by atoms with Crippen LogP contribution in [0.1, 0.15) is 18.9 Å². The van der Waals surface area contributed by atoms with Gasteiger partial charge in [0.2, 0.25) is 0 Å². The summed E-state index contributed by atoms with van der Waals surface area (Å²) in [6.45, 7) is 2.02. The van der Waals surface area contributed by atoms with E-state index in [0.717, 1.165) is 23.6 Å². The molecular weight excluding hydrogens is 196 g/mol. The lowest BCUT2D eigenvalue weighted by Crippen LogP contribution is -1.88. The maximum atomic E-state index is 6.08. The summed E-state index contributed by atoms with van der Waals surface area (Å²) in [6, 6.07) is 5.81. The number of rotatable bonds is 4. The van der Waals surface area contributed by atoms with Gasteiger partial charge in [0, 0.05) is 5.02 Å². The summed E-state index contributed by atoms with van der Waals surface area (Å²) in [5, 5.41) is 0.786. The quantitative estimate of drug-likeness (QED) is 0.686. The van der Waals surface area contributed by atoms with E-state index in [-0.39, 0.29) is 0 Å². The third kappa shape index (κ3) is 3.08. The molecule has 0 spiro atoms. The molecule has 0 aromatic heterocycles. The maximum absolute atomic E-state index is 6.08. The van der Waals surface area contributed by atoms with Gasteiger partial charge in [0.05, 0.1) is 7.11 Å². The highest BCUT2D eigenvalue weighted by Crippen LogP contribution is 2.23. The van der Waals surface area contributed by atoms with Crippen molar-refractivity contribution in [1.82, 2.24) is 0 Å². The van der Waals surface area contributed by atoms with Gasteiger partial charge in [-0.25, -0.2) is 0 Å². The van der Waals surface area contributed by atoms with Crippen molar-refractivity contribution in [3.8, 4) is 5.75 Å². The Morgan fingerprint density at radius 1 is 1.43 bits per heavy atom. The fourth-order valence-electron chi connectivity index (χ4n) is 1.26. The smallest absolute Gasteiger partial charge is 0.120 e. The van der Waals surface area contributed by atoms with Crippen molar-refractivity contribution in [3.05, 3.63) is 40.9 Å². The van der Waals surface area contributed by atoms with Gasteiger partial charge in [0.25, 0.3) is 0 Å². The molecular formula is C12H15ClO. The van der Waals surface area contributed by atoms with Crippen LogP contribution in [0.15, 0.2) is 30.4 Å². The molecule has 0 saturated carbocycles. The van der Waals surface area contributed by atoms with E-state index >= 15 is 0 Å². The molecule has 0 saturated heterocycles. The second-order valence-corrected chi connectivity index (χ2v) is 3.47. The number of ether oxygens (including phenoxy) is 1. The lowest BCUT2D eigenvalue weighted by Gasteiger charge is -2.04. The normalized spacial score (nSPS) is 10.8. The number of allylic oxidation sites excluding steroid dienone is 2. The molecule has 0 bridgehead atoms. The van der Waals surface area contributed by atoms with Crippen molar-refractivity contribution in [1.29, 1.82) is 0 Å².